The minimum Gasteiger partial charge on any atom is -0.248 e. The summed E-state index contributed by atoms with van der Waals surface area (Å²) < 4.78 is 35.6. The Balaban J connectivity index is 3.58. The third-order valence-electron chi connectivity index (χ3n) is 1.50. The first-order chi connectivity index (χ1) is 4.68. The molecule has 0 aromatic carbocycles. The van der Waals surface area contributed by atoms with E-state index in [-0.39, 0.29) is 19.4 Å². The van der Waals surface area contributed by atoms with E-state index in [1.165, 1.54) is 6.92 Å². The van der Waals surface area contributed by atoms with Gasteiger partial charge in [0.15, 0.2) is 0 Å². The molecule has 1 unspecified atom stereocenters. The van der Waals surface area contributed by atoms with E-state index in [0.29, 0.717) is 0 Å². The Kier molecular flexibility index (Phi) is 4.43. The van der Waals surface area contributed by atoms with Gasteiger partial charge in [0.1, 0.15) is 12.3 Å². The van der Waals surface area contributed by atoms with E-state index in [0.717, 1.165) is 0 Å². The second kappa shape index (κ2) is 4.55. The summed E-state index contributed by atoms with van der Waals surface area (Å²) in [7, 11) is 0. The van der Waals surface area contributed by atoms with Crippen LogP contribution in [-0.4, -0.2) is 19.0 Å². The summed E-state index contributed by atoms with van der Waals surface area (Å²) >= 11 is 0. The van der Waals surface area contributed by atoms with Crippen LogP contribution in [0.25, 0.3) is 0 Å². The van der Waals surface area contributed by atoms with Gasteiger partial charge in [-0.2, -0.15) is 4.94 Å². The van der Waals surface area contributed by atoms with Crippen LogP contribution in [0.2, 0.25) is 0 Å². The highest BCUT2D eigenvalue weighted by Gasteiger charge is 2.27. The fourth-order valence-corrected chi connectivity index (χ4v) is 0.560. The van der Waals surface area contributed by atoms with Gasteiger partial charge in [-0.15, -0.1) is 0 Å². The van der Waals surface area contributed by atoms with Crippen molar-refractivity contribution in [2.24, 2.45) is 0 Å². The summed E-state index contributed by atoms with van der Waals surface area (Å²) in [6.07, 6.45) is -0.177. The third-order valence-corrected chi connectivity index (χ3v) is 1.50. The van der Waals surface area contributed by atoms with E-state index in [2.05, 4.69) is 4.94 Å². The SMILES string of the molecule is CCC(F)(CF)CCOF. The van der Waals surface area contributed by atoms with Crippen LogP contribution in [0, 0.1) is 0 Å². The molecule has 0 fully saturated rings. The van der Waals surface area contributed by atoms with Crippen molar-refractivity contribution in [1.29, 1.82) is 0 Å². The lowest BCUT2D eigenvalue weighted by atomic mass is 10.0. The summed E-state index contributed by atoms with van der Waals surface area (Å²) in [6.45, 7) is 0.0545. The fourth-order valence-electron chi connectivity index (χ4n) is 0.560. The van der Waals surface area contributed by atoms with Crippen LogP contribution in [0.5, 0.6) is 0 Å². The summed E-state index contributed by atoms with van der Waals surface area (Å²) in [5.41, 5.74) is -1.90. The number of hydrogen-bond donors (Lipinski definition) is 0. The molecular formula is C6H11F3O. The standard InChI is InChI=1S/C6H11F3O/c1-2-6(8,5-7)3-4-10-9/h2-5H2,1H3. The van der Waals surface area contributed by atoms with E-state index in [9.17, 15) is 13.3 Å². The van der Waals surface area contributed by atoms with Crippen molar-refractivity contribution in [2.45, 2.75) is 25.4 Å². The van der Waals surface area contributed by atoms with Gasteiger partial charge >= 0.3 is 0 Å². The van der Waals surface area contributed by atoms with Crippen molar-refractivity contribution in [3.8, 4) is 0 Å². The van der Waals surface area contributed by atoms with Gasteiger partial charge in [0, 0.05) is 6.42 Å². The zero-order chi connectivity index (χ0) is 8.04. The predicted molar refractivity (Wildman–Crippen MR) is 31.8 cm³/mol. The van der Waals surface area contributed by atoms with Crippen LogP contribution in [0.3, 0.4) is 0 Å². The molecule has 0 aliphatic rings. The molecule has 0 aromatic rings. The van der Waals surface area contributed by atoms with Gasteiger partial charge in [-0.25, -0.2) is 8.78 Å². The molecule has 0 rings (SSSR count). The molecule has 1 atom stereocenters. The molecule has 0 N–H and O–H groups in total. The number of halogens is 3. The molecule has 0 aliphatic carbocycles. The summed E-state index contributed by atoms with van der Waals surface area (Å²) in [4.78, 5) is 3.13. The Morgan fingerprint density at radius 1 is 1.50 bits per heavy atom. The molecule has 4 heteroatoms. The Hall–Kier alpha value is -0.250. The molecule has 0 bridgehead atoms. The highest BCUT2D eigenvalue weighted by Crippen LogP contribution is 2.21. The predicted octanol–water partition coefficient (Wildman–Crippen LogP) is 2.37. The lowest BCUT2D eigenvalue weighted by Crippen LogP contribution is -2.25. The van der Waals surface area contributed by atoms with E-state index in [1.807, 2.05) is 0 Å². The number of hydrogen-bond acceptors (Lipinski definition) is 1. The topological polar surface area (TPSA) is 9.23 Å². The molecule has 0 aromatic heterocycles. The Morgan fingerprint density at radius 2 is 2.10 bits per heavy atom. The average molecular weight is 156 g/mol. The molecule has 10 heavy (non-hydrogen) atoms. The molecule has 1 nitrogen and oxygen atoms in total. The minimum atomic E-state index is -1.90. The molecular weight excluding hydrogens is 145 g/mol. The maximum absolute atomic E-state index is 12.8. The molecule has 0 amide bonds. The first kappa shape index (κ1) is 9.75. The number of alkyl halides is 2. The summed E-state index contributed by atoms with van der Waals surface area (Å²) in [5.74, 6) is 0. The number of rotatable bonds is 5. The van der Waals surface area contributed by atoms with Crippen molar-refractivity contribution in [1.82, 2.24) is 0 Å². The van der Waals surface area contributed by atoms with Crippen LogP contribution in [0.4, 0.5) is 13.3 Å². The lowest BCUT2D eigenvalue weighted by molar-refractivity contribution is -0.142. The zero-order valence-electron chi connectivity index (χ0n) is 5.87. The van der Waals surface area contributed by atoms with Crippen molar-refractivity contribution in [2.75, 3.05) is 13.3 Å². The van der Waals surface area contributed by atoms with E-state index >= 15 is 0 Å². The van der Waals surface area contributed by atoms with Crippen LogP contribution >= 0.6 is 0 Å². The first-order valence-electron chi connectivity index (χ1n) is 3.17. The minimum absolute atomic E-state index is 0.0485. The van der Waals surface area contributed by atoms with Crippen LogP contribution in [-0.2, 0) is 4.94 Å². The quantitative estimate of drug-likeness (QED) is 0.593. The summed E-state index contributed by atoms with van der Waals surface area (Å²) in [5, 5.41) is 0. The average Bonchev–Trinajstić information content (AvgIpc) is 2.00. The zero-order valence-corrected chi connectivity index (χ0v) is 5.87. The third kappa shape index (κ3) is 3.06. The van der Waals surface area contributed by atoms with E-state index < -0.39 is 12.3 Å². The van der Waals surface area contributed by atoms with Gasteiger partial charge in [-0.3, -0.25) is 0 Å². The van der Waals surface area contributed by atoms with Gasteiger partial charge in [-0.05, 0) is 10.9 Å². The Labute approximate surface area is 58.1 Å². The maximum Gasteiger partial charge on any atom is 0.141 e. The highest BCUT2D eigenvalue weighted by atomic mass is 19.3. The van der Waals surface area contributed by atoms with Gasteiger partial charge < -0.3 is 0 Å². The molecule has 0 saturated heterocycles. The molecule has 0 aliphatic heterocycles. The van der Waals surface area contributed by atoms with Gasteiger partial charge in [0.05, 0.1) is 6.61 Å². The fraction of sp³-hybridized carbons (Fsp3) is 1.00. The smallest absolute Gasteiger partial charge is 0.141 e. The van der Waals surface area contributed by atoms with Crippen molar-refractivity contribution in [3.05, 3.63) is 0 Å². The molecule has 0 radical (unpaired) electrons. The summed E-state index contributed by atoms with van der Waals surface area (Å²) in [6, 6.07) is 0. The maximum atomic E-state index is 12.8. The van der Waals surface area contributed by atoms with Crippen molar-refractivity contribution >= 4 is 0 Å². The van der Waals surface area contributed by atoms with Gasteiger partial charge in [0.2, 0.25) is 0 Å². The second-order valence-electron chi connectivity index (χ2n) is 2.20. The van der Waals surface area contributed by atoms with E-state index in [4.69, 9.17) is 0 Å². The largest absolute Gasteiger partial charge is 0.248 e. The van der Waals surface area contributed by atoms with E-state index in [1.54, 1.807) is 0 Å². The van der Waals surface area contributed by atoms with Gasteiger partial charge in [0.25, 0.3) is 0 Å². The monoisotopic (exact) mass is 156 g/mol. The van der Waals surface area contributed by atoms with Crippen LogP contribution in [0.15, 0.2) is 0 Å². The lowest BCUT2D eigenvalue weighted by Gasteiger charge is -2.17. The van der Waals surface area contributed by atoms with Crippen LogP contribution < -0.4 is 0 Å². The highest BCUT2D eigenvalue weighted by molar-refractivity contribution is 4.75. The molecule has 0 heterocycles. The molecule has 0 spiro atoms. The molecule has 0 saturated carbocycles. The first-order valence-corrected chi connectivity index (χ1v) is 3.17. The normalized spacial score (nSPS) is 16.8. The van der Waals surface area contributed by atoms with Crippen molar-refractivity contribution in [3.63, 3.8) is 0 Å². The molecule has 62 valence electrons. The second-order valence-corrected chi connectivity index (χ2v) is 2.20. The van der Waals surface area contributed by atoms with Gasteiger partial charge in [-0.1, -0.05) is 6.92 Å². The Morgan fingerprint density at radius 3 is 2.40 bits per heavy atom. The van der Waals surface area contributed by atoms with Crippen LogP contribution in [0.1, 0.15) is 19.8 Å². The van der Waals surface area contributed by atoms with Crippen molar-refractivity contribution < 1.29 is 18.2 Å². The Bertz CT molecular complexity index is 83.1.